The molecule has 1 saturated heterocycles. The fraction of sp³-hybridized carbons (Fsp3) is 0.292. The first-order valence-electron chi connectivity index (χ1n) is 9.94. The third-order valence-corrected chi connectivity index (χ3v) is 6.18. The maximum atomic E-state index is 13.0. The van der Waals surface area contributed by atoms with Crippen molar-refractivity contribution in [1.29, 1.82) is 0 Å². The van der Waals surface area contributed by atoms with Crippen LogP contribution >= 0.6 is 0 Å². The van der Waals surface area contributed by atoms with E-state index < -0.39 is 17.5 Å². The summed E-state index contributed by atoms with van der Waals surface area (Å²) >= 11 is 0. The Hall–Kier alpha value is -3.41. The summed E-state index contributed by atoms with van der Waals surface area (Å²) in [5, 5.41) is 2.74. The minimum absolute atomic E-state index is 0.293. The second kappa shape index (κ2) is 6.83. The molecule has 30 heavy (non-hydrogen) atoms. The number of likely N-dealkylation sites (N-methyl/N-ethyl adjacent to an activating group) is 1. The monoisotopic (exact) mass is 403 g/mol. The SMILES string of the molecule is CN1C(=CC(=O)CN2C(=O)N[C@@](C)(c3ccccc3)C2=O)C(C)(C)c2ccccc21. The first kappa shape index (κ1) is 19.9. The van der Waals surface area contributed by atoms with Gasteiger partial charge in [-0.2, -0.15) is 0 Å². The predicted molar refractivity (Wildman–Crippen MR) is 115 cm³/mol. The highest BCUT2D eigenvalue weighted by molar-refractivity contribution is 6.10. The van der Waals surface area contributed by atoms with E-state index in [9.17, 15) is 14.4 Å². The van der Waals surface area contributed by atoms with Crippen molar-refractivity contribution in [3.8, 4) is 0 Å². The van der Waals surface area contributed by atoms with E-state index in [0.717, 1.165) is 21.8 Å². The molecule has 0 aliphatic carbocycles. The standard InChI is InChI=1S/C24H25N3O3/c1-23(2)18-12-8-9-13-19(18)26(4)20(23)14-17(28)15-27-21(29)24(3,25-22(27)30)16-10-6-5-7-11-16/h5-14H,15H2,1-4H3,(H,25,30)/t24-/m0/s1. The Balaban J connectivity index is 1.58. The molecular formula is C24H25N3O3. The highest BCUT2D eigenvalue weighted by atomic mass is 16.2. The molecule has 4 rings (SSSR count). The summed E-state index contributed by atoms with van der Waals surface area (Å²) < 4.78 is 0. The van der Waals surface area contributed by atoms with Crippen LogP contribution in [0.25, 0.3) is 0 Å². The van der Waals surface area contributed by atoms with Crippen LogP contribution in [0.5, 0.6) is 0 Å². The van der Waals surface area contributed by atoms with Gasteiger partial charge in [0.25, 0.3) is 5.91 Å². The van der Waals surface area contributed by atoms with Gasteiger partial charge in [-0.1, -0.05) is 62.4 Å². The Kier molecular flexibility index (Phi) is 4.53. The molecule has 6 nitrogen and oxygen atoms in total. The van der Waals surface area contributed by atoms with E-state index in [4.69, 9.17) is 0 Å². The Morgan fingerprint density at radius 3 is 2.30 bits per heavy atom. The summed E-state index contributed by atoms with van der Waals surface area (Å²) in [6, 6.07) is 16.5. The summed E-state index contributed by atoms with van der Waals surface area (Å²) in [6.45, 7) is 5.50. The lowest BCUT2D eigenvalue weighted by Gasteiger charge is -2.24. The average molecular weight is 403 g/mol. The van der Waals surface area contributed by atoms with Gasteiger partial charge in [-0.3, -0.25) is 14.5 Å². The molecule has 3 amide bonds. The molecule has 154 valence electrons. The van der Waals surface area contributed by atoms with E-state index in [0.29, 0.717) is 5.56 Å². The molecule has 2 heterocycles. The first-order chi connectivity index (χ1) is 14.2. The second-order valence-corrected chi connectivity index (χ2v) is 8.51. The lowest BCUT2D eigenvalue weighted by atomic mass is 9.83. The number of carbonyl (C=O) groups is 3. The maximum absolute atomic E-state index is 13.0. The molecule has 1 fully saturated rings. The van der Waals surface area contributed by atoms with Gasteiger partial charge in [-0.15, -0.1) is 0 Å². The molecule has 2 aliphatic heterocycles. The fourth-order valence-electron chi connectivity index (χ4n) is 4.42. The number of anilines is 1. The van der Waals surface area contributed by atoms with Crippen molar-refractivity contribution < 1.29 is 14.4 Å². The molecule has 1 atom stereocenters. The average Bonchev–Trinajstić information content (AvgIpc) is 3.06. The Bertz CT molecular complexity index is 1070. The predicted octanol–water partition coefficient (Wildman–Crippen LogP) is 3.33. The number of carbonyl (C=O) groups excluding carboxylic acids is 3. The van der Waals surface area contributed by atoms with E-state index in [2.05, 4.69) is 25.2 Å². The lowest BCUT2D eigenvalue weighted by molar-refractivity contribution is -0.133. The van der Waals surface area contributed by atoms with Crippen LogP contribution in [0.2, 0.25) is 0 Å². The molecule has 2 aliphatic rings. The number of hydrogen-bond acceptors (Lipinski definition) is 4. The van der Waals surface area contributed by atoms with Gasteiger partial charge in [-0.05, 0) is 24.1 Å². The zero-order valence-corrected chi connectivity index (χ0v) is 17.6. The summed E-state index contributed by atoms with van der Waals surface area (Å²) in [5.41, 5.74) is 2.18. The number of benzene rings is 2. The van der Waals surface area contributed by atoms with Gasteiger partial charge >= 0.3 is 6.03 Å². The Morgan fingerprint density at radius 2 is 1.63 bits per heavy atom. The van der Waals surface area contributed by atoms with E-state index in [1.54, 1.807) is 25.1 Å². The Morgan fingerprint density at radius 1 is 1.00 bits per heavy atom. The summed E-state index contributed by atoms with van der Waals surface area (Å²) in [4.78, 5) is 41.5. The Labute approximate surface area is 176 Å². The number of ketones is 1. The number of hydrogen-bond donors (Lipinski definition) is 1. The second-order valence-electron chi connectivity index (χ2n) is 8.51. The van der Waals surface area contributed by atoms with Crippen molar-refractivity contribution in [2.24, 2.45) is 0 Å². The molecule has 2 aromatic carbocycles. The van der Waals surface area contributed by atoms with Gasteiger partial charge in [0.15, 0.2) is 5.78 Å². The zero-order chi connectivity index (χ0) is 21.7. The molecular weight excluding hydrogens is 378 g/mol. The fourth-order valence-corrected chi connectivity index (χ4v) is 4.42. The van der Waals surface area contributed by atoms with Crippen LogP contribution in [0.4, 0.5) is 10.5 Å². The van der Waals surface area contributed by atoms with Crippen molar-refractivity contribution in [3.63, 3.8) is 0 Å². The topological polar surface area (TPSA) is 69.7 Å². The van der Waals surface area contributed by atoms with E-state index in [1.165, 1.54) is 0 Å². The summed E-state index contributed by atoms with van der Waals surface area (Å²) in [6.07, 6.45) is 1.55. The van der Waals surface area contributed by atoms with Crippen LogP contribution < -0.4 is 10.2 Å². The van der Waals surface area contributed by atoms with E-state index in [-0.39, 0.29) is 17.7 Å². The van der Waals surface area contributed by atoms with Crippen molar-refractivity contribution in [3.05, 3.63) is 77.5 Å². The molecule has 0 saturated carbocycles. The van der Waals surface area contributed by atoms with Crippen molar-refractivity contribution in [2.45, 2.75) is 31.7 Å². The van der Waals surface area contributed by atoms with E-state index >= 15 is 0 Å². The van der Waals surface area contributed by atoms with Crippen LogP contribution in [0.3, 0.4) is 0 Å². The van der Waals surface area contributed by atoms with Gasteiger partial charge in [0.1, 0.15) is 5.54 Å². The normalized spacial score (nSPS) is 23.7. The van der Waals surface area contributed by atoms with E-state index in [1.807, 2.05) is 48.3 Å². The molecule has 0 unspecified atom stereocenters. The number of imide groups is 1. The van der Waals surface area contributed by atoms with Crippen molar-refractivity contribution in [1.82, 2.24) is 10.2 Å². The molecule has 0 bridgehead atoms. The largest absolute Gasteiger partial charge is 0.347 e. The minimum Gasteiger partial charge on any atom is -0.347 e. The van der Waals surface area contributed by atoms with Gasteiger partial charge in [-0.25, -0.2) is 4.79 Å². The van der Waals surface area contributed by atoms with Gasteiger partial charge in [0.05, 0.1) is 6.54 Å². The number of nitrogens with zero attached hydrogens (tertiary/aromatic N) is 2. The molecule has 6 heteroatoms. The molecule has 0 spiro atoms. The van der Waals surface area contributed by atoms with Crippen LogP contribution in [0, 0.1) is 0 Å². The third kappa shape index (κ3) is 2.91. The molecule has 0 aromatic heterocycles. The van der Waals surface area contributed by atoms with Crippen molar-refractivity contribution >= 4 is 23.4 Å². The van der Waals surface area contributed by atoms with Crippen LogP contribution in [-0.2, 0) is 20.5 Å². The quantitative estimate of drug-likeness (QED) is 0.628. The van der Waals surface area contributed by atoms with Crippen LogP contribution in [0.1, 0.15) is 31.9 Å². The third-order valence-electron chi connectivity index (χ3n) is 6.18. The first-order valence-corrected chi connectivity index (χ1v) is 9.94. The van der Waals surface area contributed by atoms with Gasteiger partial charge in [0.2, 0.25) is 0 Å². The summed E-state index contributed by atoms with van der Waals surface area (Å²) in [7, 11) is 1.92. The molecule has 2 aromatic rings. The highest BCUT2D eigenvalue weighted by Crippen LogP contribution is 2.46. The number of para-hydroxylation sites is 1. The lowest BCUT2D eigenvalue weighted by Crippen LogP contribution is -2.41. The molecule has 0 radical (unpaired) electrons. The van der Waals surface area contributed by atoms with Gasteiger partial charge < -0.3 is 10.2 Å². The molecule has 1 N–H and O–H groups in total. The zero-order valence-electron chi connectivity index (χ0n) is 17.6. The minimum atomic E-state index is -1.18. The van der Waals surface area contributed by atoms with Crippen molar-refractivity contribution in [2.75, 3.05) is 18.5 Å². The number of nitrogens with one attached hydrogen (secondary N) is 1. The van der Waals surface area contributed by atoms with Gasteiger partial charge in [0, 0.05) is 29.9 Å². The van der Waals surface area contributed by atoms with Crippen LogP contribution in [0.15, 0.2) is 66.4 Å². The summed E-state index contributed by atoms with van der Waals surface area (Å²) in [5.74, 6) is -0.716. The number of rotatable bonds is 4. The maximum Gasteiger partial charge on any atom is 0.325 e. The number of allylic oxidation sites excluding steroid dienone is 1. The highest BCUT2D eigenvalue weighted by Gasteiger charge is 2.49. The number of amides is 3. The number of urea groups is 1. The number of fused-ring (bicyclic) bond motifs is 1. The van der Waals surface area contributed by atoms with Crippen LogP contribution in [-0.4, -0.2) is 36.2 Å². The smallest absolute Gasteiger partial charge is 0.325 e.